The van der Waals surface area contributed by atoms with Crippen LogP contribution in [0.15, 0.2) is 102 Å². The number of hydrogen-bond acceptors (Lipinski definition) is 4. The molecule has 3 aromatic carbocycles. The number of nitrogens with zero attached hydrogens (tertiary/aromatic N) is 2. The SMILES string of the molecule is O=C(NC[C@@H]1CCCO1)[C@@H](Sc1ncc(-c2ccccc2)n1-c1ccccc1)c1ccccc1. The number of rotatable bonds is 8. The minimum atomic E-state index is -0.434. The van der Waals surface area contributed by atoms with Gasteiger partial charge in [-0.05, 0) is 30.5 Å². The molecule has 0 bridgehead atoms. The third kappa shape index (κ3) is 5.08. The van der Waals surface area contributed by atoms with Gasteiger partial charge in [-0.2, -0.15) is 0 Å². The summed E-state index contributed by atoms with van der Waals surface area (Å²) in [5.41, 5.74) is 4.01. The van der Waals surface area contributed by atoms with Gasteiger partial charge in [-0.3, -0.25) is 9.36 Å². The Hall–Kier alpha value is -3.35. The van der Waals surface area contributed by atoms with E-state index in [-0.39, 0.29) is 12.0 Å². The largest absolute Gasteiger partial charge is 0.376 e. The molecule has 0 spiro atoms. The highest BCUT2D eigenvalue weighted by Crippen LogP contribution is 2.38. The number of benzene rings is 3. The molecule has 1 aliphatic heterocycles. The Morgan fingerprint density at radius 1 is 1.00 bits per heavy atom. The predicted molar refractivity (Wildman–Crippen MR) is 136 cm³/mol. The molecule has 0 radical (unpaired) electrons. The molecule has 172 valence electrons. The number of carbonyl (C=O) groups is 1. The third-order valence-corrected chi connectivity index (χ3v) is 7.13. The fourth-order valence-electron chi connectivity index (χ4n) is 4.18. The summed E-state index contributed by atoms with van der Waals surface area (Å²) >= 11 is 1.47. The average Bonchev–Trinajstić information content (AvgIpc) is 3.57. The van der Waals surface area contributed by atoms with Crippen LogP contribution in [-0.4, -0.2) is 34.7 Å². The maximum atomic E-state index is 13.4. The molecule has 1 aliphatic rings. The van der Waals surface area contributed by atoms with Crippen LogP contribution in [0, 0.1) is 0 Å². The van der Waals surface area contributed by atoms with E-state index in [0.717, 1.165) is 47.1 Å². The van der Waals surface area contributed by atoms with E-state index >= 15 is 0 Å². The molecule has 1 aromatic heterocycles. The molecule has 2 heterocycles. The van der Waals surface area contributed by atoms with Crippen LogP contribution in [0.25, 0.3) is 16.9 Å². The minimum Gasteiger partial charge on any atom is -0.376 e. The summed E-state index contributed by atoms with van der Waals surface area (Å²) in [5.74, 6) is -0.0319. The zero-order valence-corrected chi connectivity index (χ0v) is 19.7. The van der Waals surface area contributed by atoms with Gasteiger partial charge in [0.15, 0.2) is 5.16 Å². The smallest absolute Gasteiger partial charge is 0.238 e. The molecule has 2 atom stereocenters. The van der Waals surface area contributed by atoms with Crippen molar-refractivity contribution in [2.45, 2.75) is 29.4 Å². The molecular weight excluding hydrogens is 442 g/mol. The van der Waals surface area contributed by atoms with E-state index in [9.17, 15) is 4.79 Å². The molecule has 5 rings (SSSR count). The van der Waals surface area contributed by atoms with E-state index in [1.165, 1.54) is 11.8 Å². The van der Waals surface area contributed by atoms with E-state index in [0.29, 0.717) is 6.54 Å². The van der Waals surface area contributed by atoms with Crippen LogP contribution in [0.2, 0.25) is 0 Å². The van der Waals surface area contributed by atoms with Gasteiger partial charge in [0, 0.05) is 24.4 Å². The Labute approximate surface area is 204 Å². The maximum absolute atomic E-state index is 13.4. The Morgan fingerprint density at radius 2 is 1.68 bits per heavy atom. The number of para-hydroxylation sites is 1. The fraction of sp³-hybridized carbons (Fsp3) is 0.214. The first-order chi connectivity index (χ1) is 16.8. The highest BCUT2D eigenvalue weighted by Gasteiger charge is 2.27. The van der Waals surface area contributed by atoms with Gasteiger partial charge in [-0.25, -0.2) is 4.98 Å². The zero-order valence-electron chi connectivity index (χ0n) is 18.8. The van der Waals surface area contributed by atoms with Crippen LogP contribution in [0.5, 0.6) is 0 Å². The summed E-state index contributed by atoms with van der Waals surface area (Å²) < 4.78 is 7.83. The lowest BCUT2D eigenvalue weighted by molar-refractivity contribution is -0.121. The summed E-state index contributed by atoms with van der Waals surface area (Å²) in [6, 6.07) is 30.3. The van der Waals surface area contributed by atoms with Crippen LogP contribution in [-0.2, 0) is 9.53 Å². The first-order valence-corrected chi connectivity index (χ1v) is 12.5. The quantitative estimate of drug-likeness (QED) is 0.338. The van der Waals surface area contributed by atoms with Crippen molar-refractivity contribution in [3.63, 3.8) is 0 Å². The fourth-order valence-corrected chi connectivity index (χ4v) is 5.29. The average molecular weight is 470 g/mol. The van der Waals surface area contributed by atoms with Gasteiger partial charge >= 0.3 is 0 Å². The second-order valence-corrected chi connectivity index (χ2v) is 9.32. The van der Waals surface area contributed by atoms with Gasteiger partial charge in [0.1, 0.15) is 5.25 Å². The molecule has 0 saturated carbocycles. The lowest BCUT2D eigenvalue weighted by atomic mass is 10.1. The lowest BCUT2D eigenvalue weighted by Gasteiger charge is -2.19. The van der Waals surface area contributed by atoms with Crippen LogP contribution in [0.3, 0.4) is 0 Å². The number of thioether (sulfide) groups is 1. The van der Waals surface area contributed by atoms with Crippen molar-refractivity contribution in [2.24, 2.45) is 0 Å². The highest BCUT2D eigenvalue weighted by molar-refractivity contribution is 8.00. The topological polar surface area (TPSA) is 56.1 Å². The second kappa shape index (κ2) is 10.7. The van der Waals surface area contributed by atoms with Crippen molar-refractivity contribution in [3.05, 3.63) is 103 Å². The highest BCUT2D eigenvalue weighted by atomic mass is 32.2. The van der Waals surface area contributed by atoms with Gasteiger partial charge in [-0.15, -0.1) is 0 Å². The number of imidazole rings is 1. The van der Waals surface area contributed by atoms with Crippen molar-refractivity contribution in [2.75, 3.05) is 13.2 Å². The first kappa shape index (κ1) is 22.4. The summed E-state index contributed by atoms with van der Waals surface area (Å²) in [6.45, 7) is 1.30. The van der Waals surface area contributed by atoms with Gasteiger partial charge in [0.25, 0.3) is 0 Å². The Kier molecular flexibility index (Phi) is 7.08. The van der Waals surface area contributed by atoms with Gasteiger partial charge in [-0.1, -0.05) is 90.6 Å². The summed E-state index contributed by atoms with van der Waals surface area (Å²) in [5, 5.41) is 3.45. The van der Waals surface area contributed by atoms with Crippen molar-refractivity contribution in [1.29, 1.82) is 0 Å². The number of amides is 1. The van der Waals surface area contributed by atoms with E-state index < -0.39 is 5.25 Å². The first-order valence-electron chi connectivity index (χ1n) is 11.6. The molecule has 1 saturated heterocycles. The third-order valence-electron chi connectivity index (χ3n) is 5.91. The molecule has 34 heavy (non-hydrogen) atoms. The molecule has 1 fully saturated rings. The Balaban J connectivity index is 1.49. The van der Waals surface area contributed by atoms with Crippen LogP contribution < -0.4 is 5.32 Å². The normalized spacial score (nSPS) is 16.3. The van der Waals surface area contributed by atoms with Crippen molar-refractivity contribution < 1.29 is 9.53 Å². The monoisotopic (exact) mass is 469 g/mol. The lowest BCUT2D eigenvalue weighted by Crippen LogP contribution is -2.34. The van der Waals surface area contributed by atoms with E-state index in [1.54, 1.807) is 0 Å². The molecule has 1 amide bonds. The summed E-state index contributed by atoms with van der Waals surface area (Å²) in [7, 11) is 0. The van der Waals surface area contributed by atoms with Crippen molar-refractivity contribution >= 4 is 17.7 Å². The molecular formula is C28H27N3O2S. The second-order valence-electron chi connectivity index (χ2n) is 8.25. The van der Waals surface area contributed by atoms with Crippen LogP contribution >= 0.6 is 11.8 Å². The van der Waals surface area contributed by atoms with Gasteiger partial charge in [0.2, 0.25) is 5.91 Å². The van der Waals surface area contributed by atoms with Gasteiger partial charge in [0.05, 0.1) is 18.0 Å². The van der Waals surface area contributed by atoms with Crippen LogP contribution in [0.1, 0.15) is 23.7 Å². The zero-order chi connectivity index (χ0) is 23.2. The van der Waals surface area contributed by atoms with E-state index in [2.05, 4.69) is 34.1 Å². The number of ether oxygens (including phenoxy) is 1. The number of carbonyl (C=O) groups excluding carboxylic acids is 1. The van der Waals surface area contributed by atoms with Gasteiger partial charge < -0.3 is 10.1 Å². The molecule has 5 nitrogen and oxygen atoms in total. The molecule has 4 aromatic rings. The van der Waals surface area contributed by atoms with Crippen molar-refractivity contribution in [1.82, 2.24) is 14.9 Å². The Bertz CT molecular complexity index is 1210. The number of aromatic nitrogens is 2. The summed E-state index contributed by atoms with van der Waals surface area (Å²) in [6.07, 6.45) is 4.02. The molecule has 6 heteroatoms. The van der Waals surface area contributed by atoms with Crippen molar-refractivity contribution in [3.8, 4) is 16.9 Å². The van der Waals surface area contributed by atoms with Crippen LogP contribution in [0.4, 0.5) is 0 Å². The Morgan fingerprint density at radius 3 is 2.35 bits per heavy atom. The number of nitrogens with one attached hydrogen (secondary N) is 1. The standard InChI is InChI=1S/C28H27N3O2S/c32-27(29-19-24-17-10-18-33-24)26(22-13-6-2-7-14-22)34-28-30-20-25(21-11-4-1-5-12-21)31(28)23-15-8-3-9-16-23/h1-9,11-16,20,24,26H,10,17-19H2,(H,29,32)/t24-,26-/m0/s1. The number of hydrogen-bond donors (Lipinski definition) is 1. The summed E-state index contributed by atoms with van der Waals surface area (Å²) in [4.78, 5) is 18.2. The molecule has 0 unspecified atom stereocenters. The maximum Gasteiger partial charge on any atom is 0.238 e. The van der Waals surface area contributed by atoms with E-state index in [4.69, 9.17) is 9.72 Å². The predicted octanol–water partition coefficient (Wildman–Crippen LogP) is 5.67. The van der Waals surface area contributed by atoms with E-state index in [1.807, 2.05) is 72.9 Å². The minimum absolute atomic E-state index is 0.0319. The molecule has 0 aliphatic carbocycles. The molecule has 1 N–H and O–H groups in total.